The highest BCUT2D eigenvalue weighted by Crippen LogP contribution is 2.46. The Bertz CT molecular complexity index is 839. The molecule has 0 unspecified atom stereocenters. The summed E-state index contributed by atoms with van der Waals surface area (Å²) in [6.07, 6.45) is 4.21. The molecule has 3 aromatic rings. The lowest BCUT2D eigenvalue weighted by Gasteiger charge is -2.40. The van der Waals surface area contributed by atoms with Crippen molar-refractivity contribution in [3.05, 3.63) is 30.0 Å². The Morgan fingerprint density at radius 2 is 2.14 bits per heavy atom. The standard InChI is InChI=1S/C16H16N4O/c17-15-12(8-18-21-15)10-1-2-13-11(7-10)14-9-3-5-20(6-4-9)16(14)19-13/h1-2,7-9,19H,3-6,17H2. The number of anilines is 2. The fourth-order valence-corrected chi connectivity index (χ4v) is 3.89. The van der Waals surface area contributed by atoms with Gasteiger partial charge in [0.05, 0.1) is 11.8 Å². The van der Waals surface area contributed by atoms with Gasteiger partial charge in [-0.1, -0.05) is 11.2 Å². The van der Waals surface area contributed by atoms with Gasteiger partial charge in [-0.2, -0.15) is 0 Å². The highest BCUT2D eigenvalue weighted by molar-refractivity contribution is 5.94. The summed E-state index contributed by atoms with van der Waals surface area (Å²) in [4.78, 5) is 6.07. The molecule has 0 atom stereocenters. The van der Waals surface area contributed by atoms with Crippen molar-refractivity contribution in [1.29, 1.82) is 0 Å². The number of nitrogen functional groups attached to an aromatic ring is 1. The van der Waals surface area contributed by atoms with Gasteiger partial charge in [0, 0.05) is 29.6 Å². The van der Waals surface area contributed by atoms with Crippen LogP contribution in [0.15, 0.2) is 28.9 Å². The summed E-state index contributed by atoms with van der Waals surface area (Å²) in [5.74, 6) is 2.39. The van der Waals surface area contributed by atoms with Crippen LogP contribution in [-0.2, 0) is 0 Å². The van der Waals surface area contributed by atoms with E-state index in [1.807, 2.05) is 0 Å². The molecule has 5 heterocycles. The summed E-state index contributed by atoms with van der Waals surface area (Å²) in [7, 11) is 0. The van der Waals surface area contributed by atoms with Crippen LogP contribution in [0.2, 0.25) is 0 Å². The smallest absolute Gasteiger partial charge is 0.229 e. The Morgan fingerprint density at radius 3 is 2.90 bits per heavy atom. The largest absolute Gasteiger partial charge is 0.367 e. The van der Waals surface area contributed by atoms with Crippen LogP contribution < -0.4 is 10.6 Å². The molecule has 3 aliphatic rings. The van der Waals surface area contributed by atoms with E-state index in [0.29, 0.717) is 11.8 Å². The van der Waals surface area contributed by atoms with Gasteiger partial charge < -0.3 is 20.1 Å². The maximum Gasteiger partial charge on any atom is 0.229 e. The van der Waals surface area contributed by atoms with Crippen molar-refractivity contribution < 1.29 is 4.52 Å². The van der Waals surface area contributed by atoms with Gasteiger partial charge >= 0.3 is 0 Å². The lowest BCUT2D eigenvalue weighted by molar-refractivity contribution is 0.436. The second-order valence-electron chi connectivity index (χ2n) is 6.01. The van der Waals surface area contributed by atoms with Crippen LogP contribution in [0.4, 0.5) is 11.7 Å². The third-order valence-corrected chi connectivity index (χ3v) is 4.95. The first kappa shape index (κ1) is 11.3. The zero-order valence-electron chi connectivity index (χ0n) is 11.6. The maximum atomic E-state index is 5.85. The number of hydrogen-bond donors (Lipinski definition) is 2. The average molecular weight is 280 g/mol. The van der Waals surface area contributed by atoms with E-state index in [4.69, 9.17) is 10.3 Å². The summed E-state index contributed by atoms with van der Waals surface area (Å²) >= 11 is 0. The van der Waals surface area contributed by atoms with Crippen molar-refractivity contribution in [2.75, 3.05) is 23.7 Å². The molecular weight excluding hydrogens is 264 g/mol. The molecular formula is C16H16N4O. The first-order chi connectivity index (χ1) is 10.3. The second-order valence-corrected chi connectivity index (χ2v) is 6.01. The molecule has 3 N–H and O–H groups in total. The van der Waals surface area contributed by atoms with Gasteiger partial charge in [0.15, 0.2) is 0 Å². The molecule has 0 radical (unpaired) electrons. The van der Waals surface area contributed by atoms with E-state index >= 15 is 0 Å². The molecule has 0 amide bonds. The van der Waals surface area contributed by atoms with Gasteiger partial charge in [-0.3, -0.25) is 0 Å². The number of nitrogens with zero attached hydrogens (tertiary/aromatic N) is 2. The van der Waals surface area contributed by atoms with Gasteiger partial charge in [-0.05, 0) is 36.5 Å². The van der Waals surface area contributed by atoms with E-state index in [0.717, 1.165) is 11.1 Å². The normalized spacial score (nSPS) is 17.6. The molecule has 1 fully saturated rings. The number of aromatic nitrogens is 2. The monoisotopic (exact) mass is 280 g/mol. The summed E-state index contributed by atoms with van der Waals surface area (Å²) < 4.78 is 4.99. The summed E-state index contributed by atoms with van der Waals surface area (Å²) in [6, 6.07) is 6.43. The van der Waals surface area contributed by atoms with Gasteiger partial charge in [-0.15, -0.1) is 0 Å². The van der Waals surface area contributed by atoms with Crippen LogP contribution in [0.5, 0.6) is 0 Å². The quantitative estimate of drug-likeness (QED) is 0.718. The third-order valence-electron chi connectivity index (χ3n) is 4.95. The Hall–Kier alpha value is -2.43. The number of piperidine rings is 1. The van der Waals surface area contributed by atoms with Crippen molar-refractivity contribution in [2.45, 2.75) is 18.8 Å². The Balaban J connectivity index is 1.76. The zero-order valence-corrected chi connectivity index (χ0v) is 11.6. The lowest BCUT2D eigenvalue weighted by Crippen LogP contribution is -2.38. The van der Waals surface area contributed by atoms with Crippen LogP contribution in [0.3, 0.4) is 0 Å². The summed E-state index contributed by atoms with van der Waals surface area (Å²) in [6.45, 7) is 2.35. The molecule has 0 saturated carbocycles. The first-order valence-electron chi connectivity index (χ1n) is 7.42. The molecule has 1 saturated heterocycles. The number of aromatic amines is 1. The van der Waals surface area contributed by atoms with Crippen molar-refractivity contribution in [1.82, 2.24) is 10.1 Å². The fraction of sp³-hybridized carbons (Fsp3) is 0.312. The molecule has 6 rings (SSSR count). The van der Waals surface area contributed by atoms with E-state index in [1.165, 1.54) is 48.2 Å². The minimum atomic E-state index is 0.379. The van der Waals surface area contributed by atoms with Crippen molar-refractivity contribution in [3.63, 3.8) is 0 Å². The first-order valence-corrected chi connectivity index (χ1v) is 7.42. The molecule has 21 heavy (non-hydrogen) atoms. The van der Waals surface area contributed by atoms with Crippen LogP contribution in [-0.4, -0.2) is 23.2 Å². The minimum Gasteiger partial charge on any atom is -0.367 e. The van der Waals surface area contributed by atoms with Gasteiger partial charge in [0.2, 0.25) is 5.88 Å². The van der Waals surface area contributed by atoms with Crippen molar-refractivity contribution in [2.24, 2.45) is 0 Å². The Kier molecular flexibility index (Phi) is 2.04. The number of fused-ring (bicyclic) bond motifs is 3. The Morgan fingerprint density at radius 1 is 1.29 bits per heavy atom. The average Bonchev–Trinajstić information content (AvgIpc) is 3.12. The predicted molar refractivity (Wildman–Crippen MR) is 82.4 cm³/mol. The molecule has 5 heteroatoms. The predicted octanol–water partition coefficient (Wildman–Crippen LogP) is 3.10. The molecule has 106 valence electrons. The van der Waals surface area contributed by atoms with Crippen molar-refractivity contribution >= 4 is 22.6 Å². The number of rotatable bonds is 1. The highest BCUT2D eigenvalue weighted by Gasteiger charge is 2.33. The topological polar surface area (TPSA) is 71.1 Å². The van der Waals surface area contributed by atoms with E-state index in [1.54, 1.807) is 6.20 Å². The van der Waals surface area contributed by atoms with Gasteiger partial charge in [0.1, 0.15) is 5.82 Å². The van der Waals surface area contributed by atoms with E-state index in [2.05, 4.69) is 33.2 Å². The van der Waals surface area contributed by atoms with Crippen molar-refractivity contribution in [3.8, 4) is 11.1 Å². The van der Waals surface area contributed by atoms with Crippen LogP contribution in [0.25, 0.3) is 22.0 Å². The number of benzene rings is 1. The fourth-order valence-electron chi connectivity index (χ4n) is 3.89. The zero-order chi connectivity index (χ0) is 14.0. The van der Waals surface area contributed by atoms with Crippen LogP contribution in [0.1, 0.15) is 24.3 Å². The van der Waals surface area contributed by atoms with E-state index < -0.39 is 0 Å². The molecule has 0 spiro atoms. The molecule has 1 aromatic carbocycles. The SMILES string of the molecule is Nc1oncc1-c1ccc2[nH]c3c(c2c1)C1CCN3CC1. The second kappa shape index (κ2) is 3.81. The van der Waals surface area contributed by atoms with Crippen LogP contribution in [0, 0.1) is 0 Å². The molecule has 0 aliphatic carbocycles. The number of nitrogens with one attached hydrogen (secondary N) is 1. The highest BCUT2D eigenvalue weighted by atomic mass is 16.5. The van der Waals surface area contributed by atoms with Gasteiger partial charge in [-0.25, -0.2) is 0 Å². The van der Waals surface area contributed by atoms with Gasteiger partial charge in [0.25, 0.3) is 0 Å². The number of H-pyrrole nitrogens is 1. The molecule has 2 aromatic heterocycles. The van der Waals surface area contributed by atoms with E-state index in [9.17, 15) is 0 Å². The Labute approximate surface area is 121 Å². The summed E-state index contributed by atoms with van der Waals surface area (Å²) in [5, 5.41) is 5.09. The molecule has 5 nitrogen and oxygen atoms in total. The number of nitrogens with two attached hydrogens (primary N) is 1. The maximum absolute atomic E-state index is 5.85. The van der Waals surface area contributed by atoms with E-state index in [-0.39, 0.29) is 0 Å². The summed E-state index contributed by atoms with van der Waals surface area (Å²) in [5.41, 5.74) is 10.5. The third kappa shape index (κ3) is 1.43. The molecule has 3 aliphatic heterocycles. The lowest BCUT2D eigenvalue weighted by atomic mass is 9.84. The minimum absolute atomic E-state index is 0.379. The molecule has 2 bridgehead atoms. The number of hydrogen-bond acceptors (Lipinski definition) is 4. The van der Waals surface area contributed by atoms with Crippen LogP contribution >= 0.6 is 0 Å².